The number of hydrogen-bond donors (Lipinski definition) is 3. The Labute approximate surface area is 113 Å². The molecule has 1 aromatic rings. The number of benzene rings is 1. The van der Waals surface area contributed by atoms with Gasteiger partial charge in [0.15, 0.2) is 0 Å². The Kier molecular flexibility index (Phi) is 5.18. The number of para-hydroxylation sites is 1. The van der Waals surface area contributed by atoms with Gasteiger partial charge in [-0.1, -0.05) is 12.1 Å². The summed E-state index contributed by atoms with van der Waals surface area (Å²) in [6, 6.07) is 7.18. The van der Waals surface area contributed by atoms with Gasteiger partial charge in [0.05, 0.1) is 17.4 Å². The van der Waals surface area contributed by atoms with Crippen LogP contribution >= 0.6 is 0 Å². The third-order valence-corrected chi connectivity index (χ3v) is 3.35. The molecule has 1 aliphatic rings. The van der Waals surface area contributed by atoms with Crippen LogP contribution in [0.25, 0.3) is 0 Å². The maximum Gasteiger partial charge on any atom is 0.253 e. The van der Waals surface area contributed by atoms with Crippen LogP contribution in [-0.4, -0.2) is 25.2 Å². The Bertz CT molecular complexity index is 417. The van der Waals surface area contributed by atoms with Gasteiger partial charge in [0.1, 0.15) is 0 Å². The van der Waals surface area contributed by atoms with Crippen molar-refractivity contribution < 1.29 is 9.53 Å². The minimum Gasteiger partial charge on any atom is -0.378 e. The van der Waals surface area contributed by atoms with Crippen LogP contribution in [0.3, 0.4) is 0 Å². The lowest BCUT2D eigenvalue weighted by atomic mass is 10.1. The van der Waals surface area contributed by atoms with Crippen LogP contribution < -0.4 is 16.6 Å². The number of carbonyl (C=O) groups excluding carboxylic acids is 1. The summed E-state index contributed by atoms with van der Waals surface area (Å²) >= 11 is 0. The molecule has 1 fully saturated rings. The van der Waals surface area contributed by atoms with Crippen molar-refractivity contribution in [1.29, 1.82) is 0 Å². The molecule has 0 radical (unpaired) electrons. The summed E-state index contributed by atoms with van der Waals surface area (Å²) in [7, 11) is 0. The second-order valence-electron chi connectivity index (χ2n) is 4.72. The van der Waals surface area contributed by atoms with Crippen molar-refractivity contribution in [2.45, 2.75) is 31.8 Å². The molecule has 0 spiro atoms. The molecular formula is C14H21N3O2. The molecule has 5 heteroatoms. The Morgan fingerprint density at radius 2 is 2.21 bits per heavy atom. The Balaban J connectivity index is 1.80. The lowest BCUT2D eigenvalue weighted by molar-refractivity contribution is 0.0117. The molecule has 19 heavy (non-hydrogen) atoms. The average molecular weight is 263 g/mol. The van der Waals surface area contributed by atoms with E-state index in [4.69, 9.17) is 10.6 Å². The van der Waals surface area contributed by atoms with Crippen LogP contribution in [0.1, 0.15) is 36.0 Å². The van der Waals surface area contributed by atoms with Crippen molar-refractivity contribution in [2.24, 2.45) is 5.84 Å². The van der Waals surface area contributed by atoms with E-state index < -0.39 is 0 Å². The summed E-state index contributed by atoms with van der Waals surface area (Å²) in [5.74, 6) is 5.28. The first kappa shape index (κ1) is 13.8. The van der Waals surface area contributed by atoms with Gasteiger partial charge in [-0.15, -0.1) is 0 Å². The molecule has 0 bridgehead atoms. The van der Waals surface area contributed by atoms with Crippen molar-refractivity contribution in [1.82, 2.24) is 5.32 Å². The maximum atomic E-state index is 12.0. The quantitative estimate of drug-likeness (QED) is 0.558. The predicted molar refractivity (Wildman–Crippen MR) is 74.8 cm³/mol. The molecule has 0 saturated carbocycles. The topological polar surface area (TPSA) is 76.4 Å². The van der Waals surface area contributed by atoms with Crippen LogP contribution in [0.5, 0.6) is 0 Å². The summed E-state index contributed by atoms with van der Waals surface area (Å²) in [6.45, 7) is 1.47. The standard InChI is InChI=1S/C14H21N3O2/c15-17-13-7-2-1-6-12(13)14(18)16-9-8-11-5-3-4-10-19-11/h1-2,6-7,11,17H,3-5,8-10,15H2,(H,16,18). The lowest BCUT2D eigenvalue weighted by Crippen LogP contribution is -2.30. The van der Waals surface area contributed by atoms with Crippen LogP contribution in [0.4, 0.5) is 5.69 Å². The van der Waals surface area contributed by atoms with Gasteiger partial charge in [0.25, 0.3) is 5.91 Å². The van der Waals surface area contributed by atoms with Crippen LogP contribution in [0.2, 0.25) is 0 Å². The molecule has 1 aromatic carbocycles. The molecule has 0 aliphatic carbocycles. The van der Waals surface area contributed by atoms with Crippen molar-refractivity contribution in [3.05, 3.63) is 29.8 Å². The van der Waals surface area contributed by atoms with Gasteiger partial charge in [-0.3, -0.25) is 10.6 Å². The number of nitrogen functional groups attached to an aromatic ring is 1. The summed E-state index contributed by atoms with van der Waals surface area (Å²) < 4.78 is 5.63. The minimum atomic E-state index is -0.107. The van der Waals surface area contributed by atoms with E-state index in [-0.39, 0.29) is 12.0 Å². The molecule has 1 heterocycles. The van der Waals surface area contributed by atoms with E-state index in [0.717, 1.165) is 25.9 Å². The Hall–Kier alpha value is -1.59. The number of nitrogens with two attached hydrogens (primary N) is 1. The van der Waals surface area contributed by atoms with Gasteiger partial charge in [0.2, 0.25) is 0 Å². The number of nitrogens with one attached hydrogen (secondary N) is 2. The van der Waals surface area contributed by atoms with Gasteiger partial charge >= 0.3 is 0 Å². The molecule has 0 aromatic heterocycles. The smallest absolute Gasteiger partial charge is 0.253 e. The zero-order valence-electron chi connectivity index (χ0n) is 11.0. The highest BCUT2D eigenvalue weighted by molar-refractivity contribution is 5.99. The first-order chi connectivity index (χ1) is 9.31. The van der Waals surface area contributed by atoms with Crippen molar-refractivity contribution in [3.8, 4) is 0 Å². The highest BCUT2D eigenvalue weighted by Gasteiger charge is 2.14. The summed E-state index contributed by atoms with van der Waals surface area (Å²) in [4.78, 5) is 12.0. The van der Waals surface area contributed by atoms with Gasteiger partial charge in [-0.05, 0) is 37.8 Å². The number of carbonyl (C=O) groups is 1. The van der Waals surface area contributed by atoms with Crippen molar-refractivity contribution in [3.63, 3.8) is 0 Å². The number of ether oxygens (including phenoxy) is 1. The molecule has 5 nitrogen and oxygen atoms in total. The van der Waals surface area contributed by atoms with Crippen LogP contribution in [0, 0.1) is 0 Å². The molecule has 1 saturated heterocycles. The molecule has 104 valence electrons. The highest BCUT2D eigenvalue weighted by Crippen LogP contribution is 2.16. The van der Waals surface area contributed by atoms with E-state index in [0.29, 0.717) is 17.8 Å². The van der Waals surface area contributed by atoms with Gasteiger partial charge in [-0.2, -0.15) is 0 Å². The molecule has 1 unspecified atom stereocenters. The second kappa shape index (κ2) is 7.11. The molecular weight excluding hydrogens is 242 g/mol. The Morgan fingerprint density at radius 1 is 1.37 bits per heavy atom. The highest BCUT2D eigenvalue weighted by atomic mass is 16.5. The SMILES string of the molecule is NNc1ccccc1C(=O)NCCC1CCCCO1. The summed E-state index contributed by atoms with van der Waals surface area (Å²) in [5.41, 5.74) is 3.73. The lowest BCUT2D eigenvalue weighted by Gasteiger charge is -2.22. The fraction of sp³-hybridized carbons (Fsp3) is 0.500. The number of rotatable bonds is 5. The zero-order chi connectivity index (χ0) is 13.5. The molecule has 2 rings (SSSR count). The third kappa shape index (κ3) is 3.94. The molecule has 1 aliphatic heterocycles. The predicted octanol–water partition coefficient (Wildman–Crippen LogP) is 1.66. The number of hydrazine groups is 1. The fourth-order valence-electron chi connectivity index (χ4n) is 2.28. The molecule has 1 amide bonds. The van der Waals surface area contributed by atoms with Gasteiger partial charge in [-0.25, -0.2) is 0 Å². The number of amides is 1. The van der Waals surface area contributed by atoms with Gasteiger partial charge < -0.3 is 15.5 Å². The van der Waals surface area contributed by atoms with Crippen LogP contribution in [-0.2, 0) is 4.74 Å². The largest absolute Gasteiger partial charge is 0.378 e. The van der Waals surface area contributed by atoms with E-state index in [9.17, 15) is 4.79 Å². The van der Waals surface area contributed by atoms with E-state index in [1.807, 2.05) is 12.1 Å². The maximum absolute atomic E-state index is 12.0. The fourth-order valence-corrected chi connectivity index (χ4v) is 2.28. The monoisotopic (exact) mass is 263 g/mol. The number of hydrogen-bond acceptors (Lipinski definition) is 4. The van der Waals surface area contributed by atoms with E-state index in [1.54, 1.807) is 12.1 Å². The van der Waals surface area contributed by atoms with Crippen molar-refractivity contribution in [2.75, 3.05) is 18.6 Å². The molecule has 4 N–H and O–H groups in total. The third-order valence-electron chi connectivity index (χ3n) is 3.35. The number of anilines is 1. The first-order valence-corrected chi connectivity index (χ1v) is 6.76. The van der Waals surface area contributed by atoms with E-state index in [2.05, 4.69) is 10.7 Å². The van der Waals surface area contributed by atoms with Gasteiger partial charge in [0, 0.05) is 13.2 Å². The summed E-state index contributed by atoms with van der Waals surface area (Å²) in [6.07, 6.45) is 4.62. The van der Waals surface area contributed by atoms with E-state index in [1.165, 1.54) is 6.42 Å². The first-order valence-electron chi connectivity index (χ1n) is 6.76. The Morgan fingerprint density at radius 3 is 2.95 bits per heavy atom. The van der Waals surface area contributed by atoms with Crippen molar-refractivity contribution >= 4 is 11.6 Å². The minimum absolute atomic E-state index is 0.107. The molecule has 1 atom stereocenters. The average Bonchev–Trinajstić information content (AvgIpc) is 2.48. The normalized spacial score (nSPS) is 18.9. The van der Waals surface area contributed by atoms with Crippen LogP contribution in [0.15, 0.2) is 24.3 Å². The summed E-state index contributed by atoms with van der Waals surface area (Å²) in [5, 5.41) is 2.91. The second-order valence-corrected chi connectivity index (χ2v) is 4.72. The van der Waals surface area contributed by atoms with E-state index >= 15 is 0 Å². The zero-order valence-corrected chi connectivity index (χ0v) is 11.0.